The first-order valence-electron chi connectivity index (χ1n) is 4.95. The highest BCUT2D eigenvalue weighted by molar-refractivity contribution is 4.83. The van der Waals surface area contributed by atoms with Crippen LogP contribution in [0.1, 0.15) is 26.7 Å². The van der Waals surface area contributed by atoms with Crippen LogP contribution in [0, 0.1) is 11.3 Å². The first kappa shape index (κ1) is 10.0. The van der Waals surface area contributed by atoms with Crippen molar-refractivity contribution in [3.63, 3.8) is 0 Å². The van der Waals surface area contributed by atoms with Crippen LogP contribution in [0.5, 0.6) is 0 Å². The van der Waals surface area contributed by atoms with E-state index in [0.717, 1.165) is 6.54 Å². The number of hydrogen-bond donors (Lipinski definition) is 1. The van der Waals surface area contributed by atoms with Gasteiger partial charge >= 0.3 is 0 Å². The Balaban J connectivity index is 2.60. The summed E-state index contributed by atoms with van der Waals surface area (Å²) in [5.74, 6) is 0.711. The van der Waals surface area contributed by atoms with Crippen molar-refractivity contribution in [2.45, 2.75) is 26.7 Å². The van der Waals surface area contributed by atoms with Crippen LogP contribution >= 0.6 is 0 Å². The zero-order chi connectivity index (χ0) is 9.19. The van der Waals surface area contributed by atoms with E-state index in [1.807, 2.05) is 0 Å². The van der Waals surface area contributed by atoms with Gasteiger partial charge in [0.15, 0.2) is 0 Å². The topological polar surface area (TPSA) is 29.3 Å². The summed E-state index contributed by atoms with van der Waals surface area (Å²) in [4.78, 5) is 2.41. The van der Waals surface area contributed by atoms with E-state index in [0.29, 0.717) is 11.3 Å². The predicted molar refractivity (Wildman–Crippen MR) is 53.1 cm³/mol. The van der Waals surface area contributed by atoms with Gasteiger partial charge in [0.2, 0.25) is 0 Å². The Labute approximate surface area is 76.1 Å². The summed E-state index contributed by atoms with van der Waals surface area (Å²) in [6.07, 6.45) is 2.55. The molecule has 0 aliphatic carbocycles. The fourth-order valence-electron chi connectivity index (χ4n) is 2.00. The van der Waals surface area contributed by atoms with Crippen molar-refractivity contribution in [2.24, 2.45) is 17.1 Å². The molecule has 72 valence electrons. The largest absolute Gasteiger partial charge is 0.330 e. The summed E-state index contributed by atoms with van der Waals surface area (Å²) in [7, 11) is 2.20. The standard InChI is InChI=1S/C10H22N2/c1-10(2)5-7-12(3)6-4-9(10)8-11/h9H,4-8,11H2,1-3H3. The second-order valence-corrected chi connectivity index (χ2v) is 4.76. The molecule has 12 heavy (non-hydrogen) atoms. The van der Waals surface area contributed by atoms with Crippen molar-refractivity contribution in [1.29, 1.82) is 0 Å². The molecular formula is C10H22N2. The van der Waals surface area contributed by atoms with Gasteiger partial charge in [-0.15, -0.1) is 0 Å². The Morgan fingerprint density at radius 2 is 2.08 bits per heavy atom. The number of nitrogens with zero attached hydrogens (tertiary/aromatic N) is 1. The molecule has 1 fully saturated rings. The van der Waals surface area contributed by atoms with Gasteiger partial charge in [0.25, 0.3) is 0 Å². The minimum atomic E-state index is 0.444. The Bertz CT molecular complexity index is 143. The SMILES string of the molecule is CN1CCC(CN)C(C)(C)CC1. The molecule has 1 aliphatic heterocycles. The monoisotopic (exact) mass is 170 g/mol. The normalized spacial score (nSPS) is 31.5. The molecule has 2 N–H and O–H groups in total. The average Bonchev–Trinajstić information content (AvgIpc) is 2.12. The second-order valence-electron chi connectivity index (χ2n) is 4.76. The first-order valence-corrected chi connectivity index (χ1v) is 4.95. The van der Waals surface area contributed by atoms with E-state index in [9.17, 15) is 0 Å². The number of likely N-dealkylation sites (tertiary alicyclic amines) is 1. The van der Waals surface area contributed by atoms with Gasteiger partial charge in [-0.25, -0.2) is 0 Å². The third-order valence-electron chi connectivity index (χ3n) is 3.39. The number of rotatable bonds is 1. The summed E-state index contributed by atoms with van der Waals surface area (Å²) >= 11 is 0. The summed E-state index contributed by atoms with van der Waals surface area (Å²) in [6, 6.07) is 0. The van der Waals surface area contributed by atoms with Gasteiger partial charge in [-0.2, -0.15) is 0 Å². The molecule has 1 saturated heterocycles. The van der Waals surface area contributed by atoms with Gasteiger partial charge in [0.05, 0.1) is 0 Å². The molecule has 1 atom stereocenters. The maximum atomic E-state index is 5.78. The second kappa shape index (κ2) is 3.75. The van der Waals surface area contributed by atoms with Gasteiger partial charge in [0.1, 0.15) is 0 Å². The van der Waals surface area contributed by atoms with Crippen molar-refractivity contribution >= 4 is 0 Å². The van der Waals surface area contributed by atoms with E-state index < -0.39 is 0 Å². The van der Waals surface area contributed by atoms with Crippen LogP contribution in [0.3, 0.4) is 0 Å². The molecule has 1 heterocycles. The van der Waals surface area contributed by atoms with E-state index >= 15 is 0 Å². The number of nitrogens with two attached hydrogens (primary N) is 1. The van der Waals surface area contributed by atoms with E-state index in [1.54, 1.807) is 0 Å². The Morgan fingerprint density at radius 3 is 2.67 bits per heavy atom. The van der Waals surface area contributed by atoms with Gasteiger partial charge in [0, 0.05) is 0 Å². The van der Waals surface area contributed by atoms with Crippen LogP contribution in [0.2, 0.25) is 0 Å². The minimum absolute atomic E-state index is 0.444. The minimum Gasteiger partial charge on any atom is -0.330 e. The van der Waals surface area contributed by atoms with E-state index in [4.69, 9.17) is 5.73 Å². The zero-order valence-electron chi connectivity index (χ0n) is 8.64. The fourth-order valence-corrected chi connectivity index (χ4v) is 2.00. The predicted octanol–water partition coefficient (Wildman–Crippen LogP) is 1.31. The molecule has 0 radical (unpaired) electrons. The molecule has 1 rings (SSSR count). The lowest BCUT2D eigenvalue weighted by atomic mass is 9.75. The summed E-state index contributed by atoms with van der Waals surface area (Å²) in [5.41, 5.74) is 6.22. The van der Waals surface area contributed by atoms with Crippen LogP contribution in [-0.4, -0.2) is 31.6 Å². The maximum absolute atomic E-state index is 5.78. The van der Waals surface area contributed by atoms with Gasteiger partial charge in [-0.3, -0.25) is 0 Å². The van der Waals surface area contributed by atoms with Crippen molar-refractivity contribution in [3.8, 4) is 0 Å². The molecule has 1 unspecified atom stereocenters. The summed E-state index contributed by atoms with van der Waals surface area (Å²) in [5, 5.41) is 0. The lowest BCUT2D eigenvalue weighted by Crippen LogP contribution is -2.30. The first-order chi connectivity index (χ1) is 5.56. The van der Waals surface area contributed by atoms with Crippen molar-refractivity contribution < 1.29 is 0 Å². The third kappa shape index (κ3) is 2.20. The van der Waals surface area contributed by atoms with Crippen molar-refractivity contribution in [2.75, 3.05) is 26.7 Å². The third-order valence-corrected chi connectivity index (χ3v) is 3.39. The zero-order valence-corrected chi connectivity index (χ0v) is 8.64. The molecule has 2 heteroatoms. The molecule has 0 aromatic rings. The summed E-state index contributed by atoms with van der Waals surface area (Å²) < 4.78 is 0. The molecule has 0 bridgehead atoms. The molecule has 0 saturated carbocycles. The Kier molecular flexibility index (Phi) is 3.13. The van der Waals surface area contributed by atoms with Crippen LogP contribution in [0.25, 0.3) is 0 Å². The number of hydrogen-bond acceptors (Lipinski definition) is 2. The average molecular weight is 170 g/mol. The lowest BCUT2D eigenvalue weighted by Gasteiger charge is -2.31. The highest BCUT2D eigenvalue weighted by Crippen LogP contribution is 2.34. The van der Waals surface area contributed by atoms with Crippen molar-refractivity contribution in [3.05, 3.63) is 0 Å². The van der Waals surface area contributed by atoms with Crippen molar-refractivity contribution in [1.82, 2.24) is 4.90 Å². The molecule has 0 aromatic heterocycles. The van der Waals surface area contributed by atoms with Gasteiger partial charge in [-0.1, -0.05) is 13.8 Å². The summed E-state index contributed by atoms with van der Waals surface area (Å²) in [6.45, 7) is 7.99. The highest BCUT2D eigenvalue weighted by Gasteiger charge is 2.30. The molecule has 1 aliphatic rings. The van der Waals surface area contributed by atoms with Crippen LogP contribution < -0.4 is 5.73 Å². The lowest BCUT2D eigenvalue weighted by molar-refractivity contribution is 0.209. The highest BCUT2D eigenvalue weighted by atomic mass is 15.1. The van der Waals surface area contributed by atoms with E-state index in [1.165, 1.54) is 25.9 Å². The smallest absolute Gasteiger partial charge is 0.00166 e. The quantitative estimate of drug-likeness (QED) is 0.643. The molecule has 0 aromatic carbocycles. The Morgan fingerprint density at radius 1 is 1.42 bits per heavy atom. The molecule has 0 spiro atoms. The fraction of sp³-hybridized carbons (Fsp3) is 1.00. The van der Waals surface area contributed by atoms with Crippen LogP contribution in [0.15, 0.2) is 0 Å². The molecule has 2 nitrogen and oxygen atoms in total. The Hall–Kier alpha value is -0.0800. The van der Waals surface area contributed by atoms with E-state index in [2.05, 4.69) is 25.8 Å². The van der Waals surface area contributed by atoms with Gasteiger partial charge in [-0.05, 0) is 50.9 Å². The molecule has 0 amide bonds. The van der Waals surface area contributed by atoms with Crippen LogP contribution in [-0.2, 0) is 0 Å². The van der Waals surface area contributed by atoms with Crippen LogP contribution in [0.4, 0.5) is 0 Å². The molecular weight excluding hydrogens is 148 g/mol. The van der Waals surface area contributed by atoms with Gasteiger partial charge < -0.3 is 10.6 Å². The van der Waals surface area contributed by atoms with E-state index in [-0.39, 0.29) is 0 Å². The maximum Gasteiger partial charge on any atom is -0.00166 e.